The second-order valence-electron chi connectivity index (χ2n) is 4.19. The minimum Gasteiger partial charge on any atom is -0.349 e. The summed E-state index contributed by atoms with van der Waals surface area (Å²) in [5.41, 5.74) is 1.72. The fraction of sp³-hybridized carbons (Fsp3) is 0. The fourth-order valence-corrected chi connectivity index (χ4v) is 2.38. The van der Waals surface area contributed by atoms with Crippen molar-refractivity contribution in [2.75, 3.05) is 5.32 Å². The van der Waals surface area contributed by atoms with Crippen LogP contribution in [0.1, 0.15) is 10.5 Å². The number of hydrogen-bond donors (Lipinski definition) is 2. The quantitative estimate of drug-likeness (QED) is 0.748. The van der Waals surface area contributed by atoms with Gasteiger partial charge in [0.2, 0.25) is 0 Å². The normalized spacial score (nSPS) is 10.7. The van der Waals surface area contributed by atoms with Crippen LogP contribution in [0, 0.1) is 0 Å². The van der Waals surface area contributed by atoms with E-state index in [-0.39, 0.29) is 5.91 Å². The summed E-state index contributed by atoms with van der Waals surface area (Å²) in [5, 5.41) is 4.39. The predicted molar refractivity (Wildman–Crippen MR) is 80.5 cm³/mol. The minimum atomic E-state index is -0.312. The molecule has 0 fully saturated rings. The number of pyridine rings is 1. The van der Waals surface area contributed by atoms with Crippen LogP contribution in [0.15, 0.2) is 42.7 Å². The topological polar surface area (TPSA) is 57.8 Å². The molecule has 1 amide bonds. The van der Waals surface area contributed by atoms with Crippen molar-refractivity contribution in [3.63, 3.8) is 0 Å². The van der Waals surface area contributed by atoms with E-state index >= 15 is 0 Å². The van der Waals surface area contributed by atoms with Gasteiger partial charge in [0.1, 0.15) is 5.69 Å². The van der Waals surface area contributed by atoms with Crippen molar-refractivity contribution < 1.29 is 4.79 Å². The summed E-state index contributed by atoms with van der Waals surface area (Å²) < 4.78 is 0. The summed E-state index contributed by atoms with van der Waals surface area (Å²) in [6, 6.07) is 8.64. The molecule has 0 atom stereocenters. The van der Waals surface area contributed by atoms with E-state index in [1.165, 1.54) is 0 Å². The van der Waals surface area contributed by atoms with E-state index in [9.17, 15) is 4.79 Å². The van der Waals surface area contributed by atoms with Crippen molar-refractivity contribution in [3.8, 4) is 0 Å². The van der Waals surface area contributed by atoms with E-state index in [2.05, 4.69) is 15.3 Å². The minimum absolute atomic E-state index is 0.306. The molecule has 0 bridgehead atoms. The summed E-state index contributed by atoms with van der Waals surface area (Å²) in [6.45, 7) is 0. The van der Waals surface area contributed by atoms with E-state index in [4.69, 9.17) is 23.2 Å². The zero-order valence-electron chi connectivity index (χ0n) is 10.2. The number of halogens is 2. The zero-order valence-corrected chi connectivity index (χ0v) is 11.7. The molecule has 4 nitrogen and oxygen atoms in total. The Balaban J connectivity index is 1.98. The van der Waals surface area contributed by atoms with Gasteiger partial charge >= 0.3 is 0 Å². The number of carbonyl (C=O) groups excluding carboxylic acids is 1. The maximum atomic E-state index is 12.2. The molecule has 0 saturated heterocycles. The number of H-pyrrole nitrogens is 1. The second kappa shape index (κ2) is 5.15. The van der Waals surface area contributed by atoms with Crippen molar-refractivity contribution in [3.05, 3.63) is 58.5 Å². The molecule has 2 N–H and O–H groups in total. The molecular weight excluding hydrogens is 297 g/mol. The molecule has 100 valence electrons. The maximum absolute atomic E-state index is 12.2. The molecule has 6 heteroatoms. The molecule has 2 aromatic heterocycles. The Morgan fingerprint density at radius 2 is 1.90 bits per heavy atom. The van der Waals surface area contributed by atoms with Gasteiger partial charge in [-0.15, -0.1) is 0 Å². The van der Waals surface area contributed by atoms with Crippen molar-refractivity contribution >= 4 is 45.7 Å². The molecule has 0 aliphatic carbocycles. The lowest BCUT2D eigenvalue weighted by molar-refractivity contribution is 0.102. The second-order valence-corrected chi connectivity index (χ2v) is 5.01. The third-order valence-corrected chi connectivity index (χ3v) is 3.49. The van der Waals surface area contributed by atoms with Crippen molar-refractivity contribution in [2.45, 2.75) is 0 Å². The van der Waals surface area contributed by atoms with E-state index < -0.39 is 0 Å². The number of nitrogens with one attached hydrogen (secondary N) is 2. The highest BCUT2D eigenvalue weighted by atomic mass is 35.5. The Morgan fingerprint density at radius 3 is 2.65 bits per heavy atom. The number of carbonyl (C=O) groups is 1. The Bertz CT molecular complexity index is 784. The molecule has 0 radical (unpaired) electrons. The third-order valence-electron chi connectivity index (χ3n) is 2.86. The van der Waals surface area contributed by atoms with Gasteiger partial charge in [0.25, 0.3) is 5.91 Å². The Labute approximate surface area is 124 Å². The van der Waals surface area contributed by atoms with Gasteiger partial charge in [0.15, 0.2) is 0 Å². The van der Waals surface area contributed by atoms with Crippen LogP contribution in [-0.2, 0) is 0 Å². The number of amides is 1. The predicted octanol–water partition coefficient (Wildman–Crippen LogP) is 4.12. The van der Waals surface area contributed by atoms with Crippen LogP contribution in [0.2, 0.25) is 10.0 Å². The van der Waals surface area contributed by atoms with Gasteiger partial charge in [-0.2, -0.15) is 0 Å². The number of hydrogen-bond acceptors (Lipinski definition) is 2. The highest BCUT2D eigenvalue weighted by Gasteiger charge is 2.16. The summed E-state index contributed by atoms with van der Waals surface area (Å²) >= 11 is 12.2. The van der Waals surface area contributed by atoms with Gasteiger partial charge < -0.3 is 10.3 Å². The van der Waals surface area contributed by atoms with Crippen LogP contribution in [-0.4, -0.2) is 15.9 Å². The fourth-order valence-electron chi connectivity index (χ4n) is 1.92. The molecule has 3 rings (SSSR count). The van der Waals surface area contributed by atoms with Crippen LogP contribution < -0.4 is 5.32 Å². The van der Waals surface area contributed by atoms with E-state index in [0.29, 0.717) is 21.4 Å². The highest BCUT2D eigenvalue weighted by molar-refractivity contribution is 6.40. The maximum Gasteiger partial charge on any atom is 0.273 e. The third kappa shape index (κ3) is 2.35. The van der Waals surface area contributed by atoms with Crippen LogP contribution >= 0.6 is 23.2 Å². The molecule has 0 spiro atoms. The monoisotopic (exact) mass is 305 g/mol. The Morgan fingerprint density at radius 1 is 1.15 bits per heavy atom. The van der Waals surface area contributed by atoms with E-state index in [1.54, 1.807) is 42.7 Å². The van der Waals surface area contributed by atoms with Crippen LogP contribution in [0.25, 0.3) is 10.9 Å². The summed E-state index contributed by atoms with van der Waals surface area (Å²) in [5.74, 6) is -0.312. The average Bonchev–Trinajstić information content (AvgIpc) is 2.77. The first-order valence-electron chi connectivity index (χ1n) is 5.83. The molecule has 0 unspecified atom stereocenters. The van der Waals surface area contributed by atoms with Gasteiger partial charge in [-0.1, -0.05) is 23.2 Å². The Kier molecular flexibility index (Phi) is 3.34. The molecule has 0 aliphatic rings. The lowest BCUT2D eigenvalue weighted by atomic mass is 10.2. The lowest BCUT2D eigenvalue weighted by Gasteiger charge is -2.03. The number of nitrogens with zero attached hydrogens (tertiary/aromatic N) is 1. The van der Waals surface area contributed by atoms with Crippen LogP contribution in [0.5, 0.6) is 0 Å². The van der Waals surface area contributed by atoms with Gasteiger partial charge in [-0.3, -0.25) is 9.78 Å². The number of aromatic nitrogens is 2. The molecule has 20 heavy (non-hydrogen) atoms. The van der Waals surface area contributed by atoms with Gasteiger partial charge in [-0.05, 0) is 30.3 Å². The first-order valence-corrected chi connectivity index (χ1v) is 6.59. The highest BCUT2D eigenvalue weighted by Crippen LogP contribution is 2.30. The van der Waals surface area contributed by atoms with Gasteiger partial charge in [0.05, 0.1) is 5.02 Å². The zero-order chi connectivity index (χ0) is 14.1. The van der Waals surface area contributed by atoms with Gasteiger partial charge in [0, 0.05) is 34.0 Å². The van der Waals surface area contributed by atoms with Crippen molar-refractivity contribution in [2.24, 2.45) is 0 Å². The molecule has 3 aromatic rings. The lowest BCUT2D eigenvalue weighted by Crippen LogP contribution is -2.12. The van der Waals surface area contributed by atoms with Crippen molar-refractivity contribution in [1.82, 2.24) is 9.97 Å². The standard InChI is InChI=1S/C14H9Cl2N3O/c15-8-1-2-11-10(7-8)12(16)13(19-11)14(20)18-9-3-5-17-6-4-9/h1-7,19H,(H,17,18,20). The molecule has 1 aromatic carbocycles. The molecule has 0 saturated carbocycles. The largest absolute Gasteiger partial charge is 0.349 e. The summed E-state index contributed by atoms with van der Waals surface area (Å²) in [6.07, 6.45) is 3.20. The molecular formula is C14H9Cl2N3O. The number of fused-ring (bicyclic) bond motifs is 1. The first kappa shape index (κ1) is 13.0. The summed E-state index contributed by atoms with van der Waals surface area (Å²) in [4.78, 5) is 19.1. The van der Waals surface area contributed by atoms with E-state index in [1.807, 2.05) is 0 Å². The van der Waals surface area contributed by atoms with Crippen molar-refractivity contribution in [1.29, 1.82) is 0 Å². The molecule has 0 aliphatic heterocycles. The Hall–Kier alpha value is -2.04. The first-order chi connectivity index (χ1) is 9.65. The number of anilines is 1. The SMILES string of the molecule is O=C(Nc1ccncc1)c1[nH]c2ccc(Cl)cc2c1Cl. The number of aromatic amines is 1. The summed E-state index contributed by atoms with van der Waals surface area (Å²) in [7, 11) is 0. The number of benzene rings is 1. The molecule has 2 heterocycles. The van der Waals surface area contributed by atoms with E-state index in [0.717, 1.165) is 10.9 Å². The van der Waals surface area contributed by atoms with Crippen LogP contribution in [0.4, 0.5) is 5.69 Å². The van der Waals surface area contributed by atoms with Gasteiger partial charge in [-0.25, -0.2) is 0 Å². The van der Waals surface area contributed by atoms with Crippen LogP contribution in [0.3, 0.4) is 0 Å². The average molecular weight is 306 g/mol. The smallest absolute Gasteiger partial charge is 0.273 e. The number of rotatable bonds is 2.